The van der Waals surface area contributed by atoms with Gasteiger partial charge >= 0.3 is 51.1 Å². The van der Waals surface area contributed by atoms with E-state index in [2.05, 4.69) is 28.3 Å². The summed E-state index contributed by atoms with van der Waals surface area (Å²) in [4.78, 5) is 7.67. The third kappa shape index (κ3) is 2.51. The van der Waals surface area contributed by atoms with E-state index in [1.807, 2.05) is 0 Å². The first-order valence-corrected chi connectivity index (χ1v) is 2.68. The quantitative estimate of drug-likeness (QED) is 0.582. The Morgan fingerprint density at radius 1 is 1.25 bits per heavy atom. The summed E-state index contributed by atoms with van der Waals surface area (Å²) in [5.74, 6) is 0. The third-order valence-electron chi connectivity index (χ3n) is 0.528. The molecule has 0 spiro atoms. The number of nitrogens with zero attached hydrogens (tertiary/aromatic N) is 2. The van der Waals surface area contributed by atoms with Crippen LogP contribution in [0.4, 0.5) is 0 Å². The zero-order chi connectivity index (χ0) is 5.11. The van der Waals surface area contributed by atoms with Crippen LogP contribution < -0.4 is 4.42 Å². The van der Waals surface area contributed by atoms with Crippen LogP contribution in [0.3, 0.4) is 0 Å². The predicted molar refractivity (Wildman–Crippen MR) is 21.7 cm³/mol. The molecule has 1 aromatic heterocycles. The fourth-order valence-electron chi connectivity index (χ4n) is 0.277. The van der Waals surface area contributed by atoms with Crippen LogP contribution in [0, 0.1) is 0 Å². The molecule has 0 atom stereocenters. The van der Waals surface area contributed by atoms with Crippen molar-refractivity contribution in [2.75, 3.05) is 0 Å². The summed E-state index contributed by atoms with van der Waals surface area (Å²) in [5.41, 5.74) is 0. The van der Waals surface area contributed by atoms with Gasteiger partial charge in [0.2, 0.25) is 0 Å². The molecule has 0 bridgehead atoms. The Balaban J connectivity index is 0.000000490. The molecule has 1 rings (SSSR count). The summed E-state index contributed by atoms with van der Waals surface area (Å²) in [6, 6.07) is 1.79. The molecule has 0 fully saturated rings. The van der Waals surface area contributed by atoms with Crippen LogP contribution in [-0.4, -0.2) is 9.97 Å². The van der Waals surface area contributed by atoms with Crippen LogP contribution in [0.2, 0.25) is 0 Å². The summed E-state index contributed by atoms with van der Waals surface area (Å²) in [6.45, 7) is 0. The number of rotatable bonds is 0. The summed E-state index contributed by atoms with van der Waals surface area (Å²) >= 11 is 2.32. The molecule has 1 aromatic rings. The molecule has 0 aliphatic heterocycles. The Hall–Kier alpha value is 0.223. The average molecular weight is 244 g/mol. The zero-order valence-electron chi connectivity index (χ0n) is 3.78. The SMILES string of the molecule is [Cu].[Ru][c]1ncccn1. The monoisotopic (exact) mass is 244 g/mol. The molecule has 4 heteroatoms. The van der Waals surface area contributed by atoms with Crippen molar-refractivity contribution >= 4 is 4.42 Å². The van der Waals surface area contributed by atoms with Gasteiger partial charge in [0, 0.05) is 17.1 Å². The summed E-state index contributed by atoms with van der Waals surface area (Å²) in [6.07, 6.45) is 3.41. The van der Waals surface area contributed by atoms with Gasteiger partial charge in [-0.1, -0.05) is 0 Å². The minimum atomic E-state index is 0. The third-order valence-corrected chi connectivity index (χ3v) is 0.977. The van der Waals surface area contributed by atoms with E-state index in [1.54, 1.807) is 18.5 Å². The second-order valence-electron chi connectivity index (χ2n) is 1.01. The molecule has 0 unspecified atom stereocenters. The Morgan fingerprint density at radius 3 is 2.00 bits per heavy atom. The van der Waals surface area contributed by atoms with Crippen LogP contribution in [0.25, 0.3) is 0 Å². The van der Waals surface area contributed by atoms with Crippen molar-refractivity contribution in [2.24, 2.45) is 0 Å². The van der Waals surface area contributed by atoms with Crippen molar-refractivity contribution in [1.82, 2.24) is 9.97 Å². The van der Waals surface area contributed by atoms with Gasteiger partial charge in [0.1, 0.15) is 0 Å². The van der Waals surface area contributed by atoms with Gasteiger partial charge in [-0.15, -0.1) is 0 Å². The second-order valence-corrected chi connectivity index (χ2v) is 1.78. The number of hydrogen-bond acceptors (Lipinski definition) is 2. The normalized spacial score (nSPS) is 7.62. The molecular formula is C4H3CuN2Ru. The molecule has 0 amide bonds. The second kappa shape index (κ2) is 4.14. The standard InChI is InChI=1S/C4H3N2.Cu.Ru/c1-2-5-4-6-3-1;;/h1-3H;;. The maximum absolute atomic E-state index is 3.84. The van der Waals surface area contributed by atoms with Crippen LogP contribution in [0.15, 0.2) is 18.5 Å². The molecule has 0 saturated heterocycles. The maximum atomic E-state index is 3.84. The average Bonchev–Trinajstić information content (AvgIpc) is 1.69. The van der Waals surface area contributed by atoms with Gasteiger partial charge in [0.25, 0.3) is 0 Å². The van der Waals surface area contributed by atoms with Crippen molar-refractivity contribution in [3.63, 3.8) is 0 Å². The topological polar surface area (TPSA) is 25.8 Å². The van der Waals surface area contributed by atoms with E-state index in [0.29, 0.717) is 0 Å². The van der Waals surface area contributed by atoms with E-state index in [1.165, 1.54) is 0 Å². The van der Waals surface area contributed by atoms with Gasteiger partial charge in [-0.3, -0.25) is 0 Å². The number of hydrogen-bond donors (Lipinski definition) is 0. The Bertz CT molecular complexity index is 144. The summed E-state index contributed by atoms with van der Waals surface area (Å²) in [7, 11) is 0. The van der Waals surface area contributed by atoms with Gasteiger partial charge in [-0.05, 0) is 0 Å². The van der Waals surface area contributed by atoms with E-state index in [-0.39, 0.29) is 17.1 Å². The molecule has 0 aliphatic rings. The molecular weight excluding hydrogens is 241 g/mol. The molecule has 0 aliphatic carbocycles. The van der Waals surface area contributed by atoms with Crippen molar-refractivity contribution in [3.8, 4) is 0 Å². The van der Waals surface area contributed by atoms with Gasteiger partial charge in [-0.25, -0.2) is 0 Å². The Labute approximate surface area is 68.3 Å². The van der Waals surface area contributed by atoms with E-state index >= 15 is 0 Å². The molecule has 0 aromatic carbocycles. The van der Waals surface area contributed by atoms with Crippen molar-refractivity contribution in [3.05, 3.63) is 18.5 Å². The van der Waals surface area contributed by atoms with Crippen molar-refractivity contribution in [2.45, 2.75) is 0 Å². The number of aromatic nitrogens is 2. The van der Waals surface area contributed by atoms with Crippen molar-refractivity contribution < 1.29 is 35.4 Å². The molecule has 2 nitrogen and oxygen atoms in total. The van der Waals surface area contributed by atoms with Crippen LogP contribution in [0.5, 0.6) is 0 Å². The predicted octanol–water partition coefficient (Wildman–Crippen LogP) is -0.354. The van der Waals surface area contributed by atoms with Gasteiger partial charge in [0.05, 0.1) is 0 Å². The van der Waals surface area contributed by atoms with Crippen molar-refractivity contribution in [1.29, 1.82) is 0 Å². The molecule has 0 N–H and O–H groups in total. The molecule has 0 saturated carbocycles. The summed E-state index contributed by atoms with van der Waals surface area (Å²) < 4.78 is 0.752. The molecule has 1 radical (unpaired) electrons. The first-order valence-electron chi connectivity index (χ1n) is 1.81. The van der Waals surface area contributed by atoms with E-state index in [9.17, 15) is 0 Å². The van der Waals surface area contributed by atoms with Gasteiger partial charge in [0.15, 0.2) is 0 Å². The zero-order valence-corrected chi connectivity index (χ0v) is 6.46. The van der Waals surface area contributed by atoms with Crippen LogP contribution in [0.1, 0.15) is 0 Å². The molecule has 8 heavy (non-hydrogen) atoms. The molecule has 48 valence electrons. The minimum absolute atomic E-state index is 0. The Kier molecular flexibility index (Phi) is 4.25. The van der Waals surface area contributed by atoms with Gasteiger partial charge < -0.3 is 0 Å². The van der Waals surface area contributed by atoms with Crippen LogP contribution >= 0.6 is 0 Å². The summed E-state index contributed by atoms with van der Waals surface area (Å²) in [5, 5.41) is 0. The Morgan fingerprint density at radius 2 is 1.75 bits per heavy atom. The first kappa shape index (κ1) is 8.22. The van der Waals surface area contributed by atoms with Gasteiger partial charge in [-0.2, -0.15) is 0 Å². The van der Waals surface area contributed by atoms with Crippen LogP contribution in [-0.2, 0) is 35.4 Å². The van der Waals surface area contributed by atoms with E-state index in [4.69, 9.17) is 0 Å². The van der Waals surface area contributed by atoms with E-state index in [0.717, 1.165) is 4.42 Å². The fraction of sp³-hybridized carbons (Fsp3) is 0. The fourth-order valence-corrected chi connectivity index (χ4v) is 0.536. The van der Waals surface area contributed by atoms with E-state index < -0.39 is 0 Å². The first-order chi connectivity index (χ1) is 3.39. The molecule has 1 heterocycles.